The lowest BCUT2D eigenvalue weighted by Crippen LogP contribution is -2.36. The Morgan fingerprint density at radius 1 is 1.35 bits per heavy atom. The second-order valence-corrected chi connectivity index (χ2v) is 4.60. The summed E-state index contributed by atoms with van der Waals surface area (Å²) in [6.07, 6.45) is 2.46. The van der Waals surface area contributed by atoms with Crippen LogP contribution < -0.4 is 5.73 Å². The quantitative estimate of drug-likeness (QED) is 0.819. The average molecular weight is 238 g/mol. The summed E-state index contributed by atoms with van der Waals surface area (Å²) >= 11 is 0. The highest BCUT2D eigenvalue weighted by molar-refractivity contribution is 5.41. The van der Waals surface area contributed by atoms with Gasteiger partial charge in [0.05, 0.1) is 6.10 Å². The summed E-state index contributed by atoms with van der Waals surface area (Å²) in [6.45, 7) is 2.75. The first-order valence-corrected chi connectivity index (χ1v) is 5.97. The van der Waals surface area contributed by atoms with E-state index in [-0.39, 0.29) is 5.82 Å². The van der Waals surface area contributed by atoms with Crippen LogP contribution in [0.25, 0.3) is 0 Å². The van der Waals surface area contributed by atoms with Crippen molar-refractivity contribution >= 4 is 5.69 Å². The minimum atomic E-state index is -0.258. The van der Waals surface area contributed by atoms with E-state index in [4.69, 9.17) is 10.5 Å². The molecule has 0 bridgehead atoms. The van der Waals surface area contributed by atoms with Crippen molar-refractivity contribution in [3.05, 3.63) is 29.6 Å². The summed E-state index contributed by atoms with van der Waals surface area (Å²) in [4.78, 5) is 2.31. The molecule has 0 saturated carbocycles. The van der Waals surface area contributed by atoms with E-state index in [2.05, 4.69) is 4.90 Å². The summed E-state index contributed by atoms with van der Waals surface area (Å²) in [7, 11) is 1.76. The van der Waals surface area contributed by atoms with E-state index in [1.54, 1.807) is 13.2 Å². The molecule has 0 aliphatic carbocycles. The number of nitrogen functional groups attached to an aromatic ring is 1. The molecule has 0 amide bonds. The lowest BCUT2D eigenvalue weighted by Gasteiger charge is -2.31. The highest BCUT2D eigenvalue weighted by atomic mass is 19.1. The summed E-state index contributed by atoms with van der Waals surface area (Å²) in [6, 6.07) is 4.74. The van der Waals surface area contributed by atoms with Crippen molar-refractivity contribution in [3.63, 3.8) is 0 Å². The molecule has 17 heavy (non-hydrogen) atoms. The van der Waals surface area contributed by atoms with Gasteiger partial charge in [-0.15, -0.1) is 0 Å². The molecule has 0 aromatic heterocycles. The van der Waals surface area contributed by atoms with Gasteiger partial charge < -0.3 is 10.5 Å². The van der Waals surface area contributed by atoms with E-state index in [0.717, 1.165) is 38.0 Å². The first-order valence-electron chi connectivity index (χ1n) is 5.97. The molecule has 1 fully saturated rings. The molecule has 4 heteroatoms. The van der Waals surface area contributed by atoms with Gasteiger partial charge in [0.15, 0.2) is 0 Å². The average Bonchev–Trinajstić information content (AvgIpc) is 2.28. The molecule has 94 valence electrons. The van der Waals surface area contributed by atoms with Crippen LogP contribution >= 0.6 is 0 Å². The molecule has 1 aromatic rings. The maximum atomic E-state index is 13.2. The number of hydrogen-bond donors (Lipinski definition) is 1. The lowest BCUT2D eigenvalue weighted by molar-refractivity contribution is 0.0388. The maximum absolute atomic E-state index is 13.2. The largest absolute Gasteiger partial charge is 0.399 e. The zero-order valence-corrected chi connectivity index (χ0v) is 10.2. The number of hydrogen-bond acceptors (Lipinski definition) is 3. The normalized spacial score (nSPS) is 18.5. The fourth-order valence-corrected chi connectivity index (χ4v) is 2.33. The highest BCUT2D eigenvalue weighted by Crippen LogP contribution is 2.17. The van der Waals surface area contributed by atoms with Crippen LogP contribution in [-0.4, -0.2) is 31.2 Å². The van der Waals surface area contributed by atoms with Crippen molar-refractivity contribution in [2.75, 3.05) is 25.9 Å². The van der Waals surface area contributed by atoms with Crippen LogP contribution in [0, 0.1) is 5.82 Å². The number of likely N-dealkylation sites (tertiary alicyclic amines) is 1. The van der Waals surface area contributed by atoms with Crippen LogP contribution in [0.1, 0.15) is 18.4 Å². The van der Waals surface area contributed by atoms with Gasteiger partial charge in [0.2, 0.25) is 0 Å². The Balaban J connectivity index is 1.93. The monoisotopic (exact) mass is 238 g/mol. The molecule has 2 rings (SSSR count). The zero-order valence-electron chi connectivity index (χ0n) is 10.2. The van der Waals surface area contributed by atoms with Gasteiger partial charge in [-0.05, 0) is 36.6 Å². The number of nitrogens with zero attached hydrogens (tertiary/aromatic N) is 1. The molecular formula is C13H19FN2O. The first-order chi connectivity index (χ1) is 8.17. The smallest absolute Gasteiger partial charge is 0.125 e. The molecule has 0 unspecified atom stereocenters. The van der Waals surface area contributed by atoms with E-state index in [0.29, 0.717) is 11.8 Å². The number of ether oxygens (including phenoxy) is 1. The molecule has 1 heterocycles. The minimum absolute atomic E-state index is 0.258. The van der Waals surface area contributed by atoms with Crippen LogP contribution in [0.2, 0.25) is 0 Å². The molecule has 1 aliphatic heterocycles. The summed E-state index contributed by atoms with van der Waals surface area (Å²) in [5, 5.41) is 0. The fraction of sp³-hybridized carbons (Fsp3) is 0.538. The van der Waals surface area contributed by atoms with Crippen molar-refractivity contribution < 1.29 is 9.13 Å². The Hall–Kier alpha value is -1.13. The SMILES string of the molecule is COC1CCN(Cc2cc(N)cc(F)c2)CC1. The molecule has 0 spiro atoms. The van der Waals surface area contributed by atoms with Gasteiger partial charge in [0.1, 0.15) is 5.82 Å². The Kier molecular flexibility index (Phi) is 3.97. The third-order valence-corrected chi connectivity index (χ3v) is 3.25. The fourth-order valence-electron chi connectivity index (χ4n) is 2.33. The molecule has 0 atom stereocenters. The third-order valence-electron chi connectivity index (χ3n) is 3.25. The van der Waals surface area contributed by atoms with Gasteiger partial charge in [0, 0.05) is 32.4 Å². The molecule has 1 aliphatic rings. The van der Waals surface area contributed by atoms with Gasteiger partial charge >= 0.3 is 0 Å². The Morgan fingerprint density at radius 2 is 2.06 bits per heavy atom. The second kappa shape index (κ2) is 5.47. The molecule has 3 nitrogen and oxygen atoms in total. The Morgan fingerprint density at radius 3 is 2.65 bits per heavy atom. The van der Waals surface area contributed by atoms with Crippen LogP contribution in [0.4, 0.5) is 10.1 Å². The molecule has 1 aromatic carbocycles. The molecule has 1 saturated heterocycles. The first kappa shape index (κ1) is 12.3. The zero-order chi connectivity index (χ0) is 12.3. The summed E-state index contributed by atoms with van der Waals surface area (Å²) in [5.41, 5.74) is 7.06. The van der Waals surface area contributed by atoms with E-state index in [9.17, 15) is 4.39 Å². The Labute approximate surface area is 101 Å². The minimum Gasteiger partial charge on any atom is -0.399 e. The topological polar surface area (TPSA) is 38.5 Å². The van der Waals surface area contributed by atoms with Crippen molar-refractivity contribution in [1.29, 1.82) is 0 Å². The number of rotatable bonds is 3. The van der Waals surface area contributed by atoms with Crippen LogP contribution in [-0.2, 0) is 11.3 Å². The maximum Gasteiger partial charge on any atom is 0.125 e. The second-order valence-electron chi connectivity index (χ2n) is 4.60. The number of methoxy groups -OCH3 is 1. The summed E-state index contributed by atoms with van der Waals surface area (Å²) in [5.74, 6) is -0.258. The van der Waals surface area contributed by atoms with Crippen LogP contribution in [0.5, 0.6) is 0 Å². The number of piperidine rings is 1. The van der Waals surface area contributed by atoms with Crippen LogP contribution in [0.15, 0.2) is 18.2 Å². The van der Waals surface area contributed by atoms with Crippen molar-refractivity contribution in [3.8, 4) is 0 Å². The van der Waals surface area contributed by atoms with Gasteiger partial charge in [-0.2, -0.15) is 0 Å². The van der Waals surface area contributed by atoms with Crippen molar-refractivity contribution in [2.45, 2.75) is 25.5 Å². The number of nitrogens with two attached hydrogens (primary N) is 1. The van der Waals surface area contributed by atoms with Crippen LogP contribution in [0.3, 0.4) is 0 Å². The van der Waals surface area contributed by atoms with Crippen molar-refractivity contribution in [2.24, 2.45) is 0 Å². The van der Waals surface area contributed by atoms with Gasteiger partial charge in [-0.1, -0.05) is 0 Å². The highest BCUT2D eigenvalue weighted by Gasteiger charge is 2.18. The summed E-state index contributed by atoms with van der Waals surface area (Å²) < 4.78 is 18.5. The molecular weight excluding hydrogens is 219 g/mol. The lowest BCUT2D eigenvalue weighted by atomic mass is 10.1. The van der Waals surface area contributed by atoms with E-state index < -0.39 is 0 Å². The number of anilines is 1. The van der Waals surface area contributed by atoms with Crippen molar-refractivity contribution in [1.82, 2.24) is 4.90 Å². The van der Waals surface area contributed by atoms with E-state index in [1.165, 1.54) is 6.07 Å². The Bertz CT molecular complexity index is 355. The predicted octanol–water partition coefficient (Wildman–Crippen LogP) is 2.02. The van der Waals surface area contributed by atoms with E-state index in [1.807, 2.05) is 6.07 Å². The van der Waals surface area contributed by atoms with Gasteiger partial charge in [-0.25, -0.2) is 4.39 Å². The van der Waals surface area contributed by atoms with Gasteiger partial charge in [-0.3, -0.25) is 4.90 Å². The number of benzene rings is 1. The standard InChI is InChI=1S/C13H19FN2O/c1-17-13-2-4-16(5-3-13)9-10-6-11(14)8-12(15)7-10/h6-8,13H,2-5,9,15H2,1H3. The van der Waals surface area contributed by atoms with Gasteiger partial charge in [0.25, 0.3) is 0 Å². The third kappa shape index (κ3) is 3.41. The molecule has 2 N–H and O–H groups in total. The van der Waals surface area contributed by atoms with E-state index >= 15 is 0 Å². The molecule has 0 radical (unpaired) electrons. The predicted molar refractivity (Wildman–Crippen MR) is 66.1 cm³/mol. The number of halogens is 1.